The Hall–Kier alpha value is -1.58. The Labute approximate surface area is 99.2 Å². The maximum Gasteiger partial charge on any atom is 0.129 e. The van der Waals surface area contributed by atoms with Crippen LogP contribution in [0, 0.1) is 5.82 Å². The molecule has 0 bridgehead atoms. The minimum Gasteiger partial charge on any atom is -0.486 e. The second kappa shape index (κ2) is 3.72. The molecule has 2 aliphatic rings. The van der Waals surface area contributed by atoms with E-state index in [-0.39, 0.29) is 11.4 Å². The number of nitrogens with zero attached hydrogens (tertiary/aromatic N) is 1. The van der Waals surface area contributed by atoms with Crippen molar-refractivity contribution in [3.05, 3.63) is 29.6 Å². The van der Waals surface area contributed by atoms with Gasteiger partial charge in [-0.3, -0.25) is 0 Å². The first-order valence-electron chi connectivity index (χ1n) is 5.81. The zero-order valence-corrected chi connectivity index (χ0v) is 9.70. The molecule has 0 radical (unpaired) electrons. The van der Waals surface area contributed by atoms with Gasteiger partial charge in [-0.25, -0.2) is 4.39 Å². The number of rotatable bonds is 1. The van der Waals surface area contributed by atoms with E-state index in [2.05, 4.69) is 5.16 Å². The number of halogens is 1. The molecule has 1 fully saturated rings. The highest BCUT2D eigenvalue weighted by atomic mass is 19.1. The van der Waals surface area contributed by atoms with E-state index in [1.54, 1.807) is 6.07 Å². The van der Waals surface area contributed by atoms with E-state index in [0.29, 0.717) is 17.7 Å². The van der Waals surface area contributed by atoms with E-state index in [0.717, 1.165) is 18.6 Å². The minimum absolute atomic E-state index is 0.123. The largest absolute Gasteiger partial charge is 0.486 e. The van der Waals surface area contributed by atoms with Gasteiger partial charge in [0, 0.05) is 12.0 Å². The number of hydrogen-bond acceptors (Lipinski definition) is 3. The molecule has 1 saturated carbocycles. The van der Waals surface area contributed by atoms with Crippen LogP contribution in [0.5, 0.6) is 5.75 Å². The average Bonchev–Trinajstić information content (AvgIpc) is 2.28. The predicted molar refractivity (Wildman–Crippen MR) is 61.8 cm³/mol. The van der Waals surface area contributed by atoms with Crippen LogP contribution in [0.25, 0.3) is 0 Å². The van der Waals surface area contributed by atoms with E-state index in [1.807, 2.05) is 0 Å². The summed E-state index contributed by atoms with van der Waals surface area (Å²) in [5, 5.41) is 4.01. The Balaban J connectivity index is 2.06. The van der Waals surface area contributed by atoms with Crippen molar-refractivity contribution in [2.24, 2.45) is 5.16 Å². The molecular formula is C13H14FNO2. The minimum atomic E-state index is -0.277. The van der Waals surface area contributed by atoms with Crippen LogP contribution in [0.4, 0.5) is 4.39 Å². The number of benzene rings is 1. The van der Waals surface area contributed by atoms with Crippen LogP contribution in [0.3, 0.4) is 0 Å². The van der Waals surface area contributed by atoms with Gasteiger partial charge in [0.2, 0.25) is 0 Å². The molecule has 1 aliphatic carbocycles. The van der Waals surface area contributed by atoms with Crippen LogP contribution in [0.15, 0.2) is 23.4 Å². The van der Waals surface area contributed by atoms with Gasteiger partial charge in [-0.1, -0.05) is 5.16 Å². The summed E-state index contributed by atoms with van der Waals surface area (Å²) in [6, 6.07) is 4.55. The molecule has 1 spiro atoms. The monoisotopic (exact) mass is 235 g/mol. The first-order valence-corrected chi connectivity index (χ1v) is 5.81. The molecule has 1 aromatic rings. The molecular weight excluding hydrogens is 221 g/mol. The number of hydrogen-bond donors (Lipinski definition) is 0. The third-order valence-electron chi connectivity index (χ3n) is 3.53. The lowest BCUT2D eigenvalue weighted by atomic mass is 9.74. The number of oxime groups is 1. The molecule has 1 aliphatic heterocycles. The molecule has 3 nitrogen and oxygen atoms in total. The molecule has 0 aromatic heterocycles. The molecule has 0 atom stereocenters. The van der Waals surface area contributed by atoms with Gasteiger partial charge >= 0.3 is 0 Å². The Morgan fingerprint density at radius 1 is 1.41 bits per heavy atom. The second-order valence-electron chi connectivity index (χ2n) is 4.68. The lowest BCUT2D eigenvalue weighted by Crippen LogP contribution is -2.47. The van der Waals surface area contributed by atoms with Crippen LogP contribution >= 0.6 is 0 Å². The summed E-state index contributed by atoms with van der Waals surface area (Å²) in [6.45, 7) is 0. The van der Waals surface area contributed by atoms with Crippen molar-refractivity contribution >= 4 is 5.71 Å². The maximum absolute atomic E-state index is 13.2. The van der Waals surface area contributed by atoms with E-state index in [4.69, 9.17) is 9.57 Å². The van der Waals surface area contributed by atoms with Gasteiger partial charge in [0.05, 0.1) is 5.71 Å². The topological polar surface area (TPSA) is 30.8 Å². The number of ether oxygens (including phenoxy) is 1. The summed E-state index contributed by atoms with van der Waals surface area (Å²) in [4.78, 5) is 4.85. The van der Waals surface area contributed by atoms with Crippen LogP contribution in [-0.4, -0.2) is 18.4 Å². The molecule has 0 saturated heterocycles. The molecule has 0 N–H and O–H groups in total. The van der Waals surface area contributed by atoms with E-state index in [9.17, 15) is 4.39 Å². The third kappa shape index (κ3) is 1.68. The summed E-state index contributed by atoms with van der Waals surface area (Å²) in [5.74, 6) is 0.439. The number of fused-ring (bicyclic) bond motifs is 1. The summed E-state index contributed by atoms with van der Waals surface area (Å²) >= 11 is 0. The first kappa shape index (κ1) is 10.6. The zero-order valence-electron chi connectivity index (χ0n) is 9.70. The van der Waals surface area contributed by atoms with Crippen molar-refractivity contribution in [1.29, 1.82) is 0 Å². The van der Waals surface area contributed by atoms with Gasteiger partial charge < -0.3 is 9.57 Å². The summed E-state index contributed by atoms with van der Waals surface area (Å²) < 4.78 is 19.2. The Bertz CT molecular complexity index is 480. The van der Waals surface area contributed by atoms with E-state index >= 15 is 0 Å². The van der Waals surface area contributed by atoms with Gasteiger partial charge in [-0.15, -0.1) is 0 Å². The quantitative estimate of drug-likeness (QED) is 0.701. The van der Waals surface area contributed by atoms with Crippen LogP contribution in [0.2, 0.25) is 0 Å². The van der Waals surface area contributed by atoms with E-state index < -0.39 is 0 Å². The highest BCUT2D eigenvalue weighted by Gasteiger charge is 2.44. The molecule has 4 heteroatoms. The Morgan fingerprint density at radius 3 is 2.88 bits per heavy atom. The van der Waals surface area contributed by atoms with Crippen LogP contribution in [-0.2, 0) is 4.84 Å². The second-order valence-corrected chi connectivity index (χ2v) is 4.68. The van der Waals surface area contributed by atoms with Crippen molar-refractivity contribution in [3.63, 3.8) is 0 Å². The molecule has 1 heterocycles. The molecule has 17 heavy (non-hydrogen) atoms. The van der Waals surface area contributed by atoms with Crippen molar-refractivity contribution in [2.45, 2.75) is 31.3 Å². The fraction of sp³-hybridized carbons (Fsp3) is 0.462. The van der Waals surface area contributed by atoms with Crippen molar-refractivity contribution in [3.8, 4) is 5.75 Å². The fourth-order valence-electron chi connectivity index (χ4n) is 2.53. The Kier molecular flexibility index (Phi) is 2.31. The van der Waals surface area contributed by atoms with Gasteiger partial charge in [0.15, 0.2) is 0 Å². The lowest BCUT2D eigenvalue weighted by Gasteiger charge is -2.45. The molecule has 90 valence electrons. The zero-order chi connectivity index (χ0) is 11.9. The maximum atomic E-state index is 13.2. The average molecular weight is 235 g/mol. The predicted octanol–water partition coefficient (Wildman–Crippen LogP) is 2.88. The molecule has 0 amide bonds. The van der Waals surface area contributed by atoms with Gasteiger partial charge in [-0.05, 0) is 37.5 Å². The smallest absolute Gasteiger partial charge is 0.129 e. The normalized spacial score (nSPS) is 22.8. The first-order chi connectivity index (χ1) is 8.22. The standard InChI is InChI=1S/C13H14FNO2/c1-16-15-11-8-13(5-2-6-13)17-12-4-3-9(14)7-10(11)12/h3-4,7H,2,5-6,8H2,1H3/b15-11+. The van der Waals surface area contributed by atoms with Crippen molar-refractivity contribution in [2.75, 3.05) is 7.11 Å². The van der Waals surface area contributed by atoms with Gasteiger partial charge in [0.25, 0.3) is 0 Å². The lowest BCUT2D eigenvalue weighted by molar-refractivity contribution is -0.00579. The van der Waals surface area contributed by atoms with Crippen molar-refractivity contribution in [1.82, 2.24) is 0 Å². The van der Waals surface area contributed by atoms with Gasteiger partial charge in [-0.2, -0.15) is 0 Å². The van der Waals surface area contributed by atoms with Crippen molar-refractivity contribution < 1.29 is 14.0 Å². The third-order valence-corrected chi connectivity index (χ3v) is 3.53. The van der Waals surface area contributed by atoms with E-state index in [1.165, 1.54) is 25.7 Å². The SMILES string of the molecule is CO/N=C1\CC2(CCC2)Oc2ccc(F)cc21. The fourth-order valence-corrected chi connectivity index (χ4v) is 2.53. The van der Waals surface area contributed by atoms with Gasteiger partial charge in [0.1, 0.15) is 24.3 Å². The summed E-state index contributed by atoms with van der Waals surface area (Å²) in [6.07, 6.45) is 3.95. The van der Waals surface area contributed by atoms with Crippen LogP contribution < -0.4 is 4.74 Å². The molecule has 3 rings (SSSR count). The highest BCUT2D eigenvalue weighted by Crippen LogP contribution is 2.45. The van der Waals surface area contributed by atoms with Crippen LogP contribution in [0.1, 0.15) is 31.2 Å². The Morgan fingerprint density at radius 2 is 2.24 bits per heavy atom. The highest BCUT2D eigenvalue weighted by molar-refractivity contribution is 6.04. The summed E-state index contributed by atoms with van der Waals surface area (Å²) in [7, 11) is 1.51. The molecule has 1 aromatic carbocycles. The molecule has 0 unspecified atom stereocenters. The summed E-state index contributed by atoms with van der Waals surface area (Å²) in [5.41, 5.74) is 1.37.